The zero-order valence-electron chi connectivity index (χ0n) is 13.1. The van der Waals surface area contributed by atoms with Crippen molar-refractivity contribution in [2.45, 2.75) is 84.0 Å². The molecule has 1 rings (SSSR count). The molecule has 0 saturated heterocycles. The molecule has 20 heavy (non-hydrogen) atoms. The normalized spacial score (nSPS) is 14.4. The van der Waals surface area contributed by atoms with Crippen LogP contribution in [0, 0.1) is 9.78 Å². The number of hydrogen-bond acceptors (Lipinski definition) is 1. The molecule has 116 valence electrons. The minimum Gasteiger partial charge on any atom is -0.317 e. The first-order chi connectivity index (χ1) is 9.53. The number of imidazole rings is 1. The average molecular weight is 394 g/mol. The van der Waals surface area contributed by atoms with Crippen LogP contribution in [-0.4, -0.2) is 9.97 Å². The van der Waals surface area contributed by atoms with Crippen molar-refractivity contribution in [1.29, 1.82) is 0 Å². The Kier molecular flexibility index (Phi) is 8.07. The number of aromatic amines is 1. The van der Waals surface area contributed by atoms with Gasteiger partial charge in [-0.2, -0.15) is 9.37 Å². The Morgan fingerprint density at radius 2 is 1.60 bits per heavy atom. The van der Waals surface area contributed by atoms with Crippen molar-refractivity contribution in [1.82, 2.24) is 9.97 Å². The maximum Gasteiger partial charge on any atom is 0.287 e. The molecule has 1 heterocycles. The maximum absolute atomic E-state index is 13.4. The van der Waals surface area contributed by atoms with Crippen LogP contribution in [0.25, 0.3) is 0 Å². The minimum atomic E-state index is -0.445. The van der Waals surface area contributed by atoms with E-state index in [2.05, 4.69) is 53.3 Å². The molecule has 0 aliphatic heterocycles. The first-order valence-electron chi connectivity index (χ1n) is 7.95. The SMILES string of the molecule is CCCCCCC(C)(CCCCC)c1[nH]c(F)nc1I. The topological polar surface area (TPSA) is 28.7 Å². The molecule has 1 aromatic heterocycles. The van der Waals surface area contributed by atoms with Crippen LogP contribution in [0.4, 0.5) is 4.39 Å². The fourth-order valence-corrected chi connectivity index (χ4v) is 3.80. The predicted molar refractivity (Wildman–Crippen MR) is 91.5 cm³/mol. The highest BCUT2D eigenvalue weighted by atomic mass is 127. The third-order valence-electron chi connectivity index (χ3n) is 4.15. The molecule has 1 atom stereocenters. The number of nitrogens with one attached hydrogen (secondary N) is 1. The first kappa shape index (κ1) is 17.9. The van der Waals surface area contributed by atoms with E-state index in [0.717, 1.165) is 22.2 Å². The Balaban J connectivity index is 2.74. The van der Waals surface area contributed by atoms with Crippen molar-refractivity contribution in [3.05, 3.63) is 15.5 Å². The fourth-order valence-electron chi connectivity index (χ4n) is 2.81. The zero-order valence-corrected chi connectivity index (χ0v) is 15.2. The standard InChI is InChI=1S/C16H28FIN2/c1-4-6-8-10-12-16(3,11-9-7-5-2)13-14(18)20-15(17)19-13/h4-12H2,1-3H3,(H,19,20). The van der Waals surface area contributed by atoms with E-state index in [1.54, 1.807) is 0 Å². The monoisotopic (exact) mass is 394 g/mol. The largest absolute Gasteiger partial charge is 0.317 e. The van der Waals surface area contributed by atoms with Crippen LogP contribution in [0.3, 0.4) is 0 Å². The number of H-pyrrole nitrogens is 1. The van der Waals surface area contributed by atoms with Crippen molar-refractivity contribution in [2.75, 3.05) is 0 Å². The molecule has 1 aromatic rings. The lowest BCUT2D eigenvalue weighted by atomic mass is 9.77. The maximum atomic E-state index is 13.4. The summed E-state index contributed by atoms with van der Waals surface area (Å²) in [6.07, 6.45) is 10.5. The van der Waals surface area contributed by atoms with Crippen LogP contribution < -0.4 is 0 Å². The highest BCUT2D eigenvalue weighted by Gasteiger charge is 2.30. The van der Waals surface area contributed by atoms with Gasteiger partial charge in [-0.1, -0.05) is 65.7 Å². The molecule has 0 aliphatic rings. The Morgan fingerprint density at radius 1 is 1.05 bits per heavy atom. The second-order valence-electron chi connectivity index (χ2n) is 6.02. The molecule has 1 unspecified atom stereocenters. The van der Waals surface area contributed by atoms with Gasteiger partial charge in [0.15, 0.2) is 0 Å². The molecule has 0 fully saturated rings. The lowest BCUT2D eigenvalue weighted by molar-refractivity contribution is 0.354. The fraction of sp³-hybridized carbons (Fsp3) is 0.812. The van der Waals surface area contributed by atoms with Gasteiger partial charge >= 0.3 is 0 Å². The summed E-state index contributed by atoms with van der Waals surface area (Å²) in [6.45, 7) is 6.72. The Labute approximate surface area is 136 Å². The summed E-state index contributed by atoms with van der Waals surface area (Å²) < 4.78 is 14.2. The third-order valence-corrected chi connectivity index (χ3v) is 4.93. The van der Waals surface area contributed by atoms with Crippen LogP contribution in [0.15, 0.2) is 0 Å². The molecule has 0 radical (unpaired) electrons. The van der Waals surface area contributed by atoms with E-state index < -0.39 is 6.08 Å². The Bertz CT molecular complexity index is 392. The molecule has 2 nitrogen and oxygen atoms in total. The molecule has 0 saturated carbocycles. The smallest absolute Gasteiger partial charge is 0.287 e. The number of nitrogens with zero attached hydrogens (tertiary/aromatic N) is 1. The van der Waals surface area contributed by atoms with Crippen molar-refractivity contribution < 1.29 is 4.39 Å². The molecule has 4 heteroatoms. The Morgan fingerprint density at radius 3 is 2.10 bits per heavy atom. The predicted octanol–water partition coefficient (Wildman–Crippen LogP) is 5.96. The van der Waals surface area contributed by atoms with E-state index >= 15 is 0 Å². The van der Waals surface area contributed by atoms with Crippen molar-refractivity contribution >= 4 is 22.6 Å². The second kappa shape index (κ2) is 9.00. The van der Waals surface area contributed by atoms with Gasteiger partial charge in [0.2, 0.25) is 0 Å². The van der Waals surface area contributed by atoms with Crippen molar-refractivity contribution in [3.63, 3.8) is 0 Å². The van der Waals surface area contributed by atoms with Crippen molar-refractivity contribution in [2.24, 2.45) is 0 Å². The van der Waals surface area contributed by atoms with Gasteiger partial charge in [-0.3, -0.25) is 0 Å². The van der Waals surface area contributed by atoms with Gasteiger partial charge in [-0.05, 0) is 35.4 Å². The van der Waals surface area contributed by atoms with Gasteiger partial charge in [0, 0.05) is 5.41 Å². The van der Waals surface area contributed by atoms with E-state index in [-0.39, 0.29) is 5.41 Å². The summed E-state index contributed by atoms with van der Waals surface area (Å²) >= 11 is 2.15. The van der Waals surface area contributed by atoms with E-state index in [0.29, 0.717) is 0 Å². The molecule has 0 bridgehead atoms. The highest BCUT2D eigenvalue weighted by Crippen LogP contribution is 2.36. The molecule has 0 amide bonds. The van der Waals surface area contributed by atoms with Gasteiger partial charge in [-0.25, -0.2) is 0 Å². The van der Waals surface area contributed by atoms with Gasteiger partial charge in [0.1, 0.15) is 3.70 Å². The van der Waals surface area contributed by atoms with E-state index in [9.17, 15) is 4.39 Å². The first-order valence-corrected chi connectivity index (χ1v) is 9.03. The second-order valence-corrected chi connectivity index (χ2v) is 7.04. The number of unbranched alkanes of at least 4 members (excludes halogenated alkanes) is 5. The third kappa shape index (κ3) is 5.34. The Hall–Kier alpha value is -0.130. The van der Waals surface area contributed by atoms with Gasteiger partial charge in [-0.15, -0.1) is 0 Å². The summed E-state index contributed by atoms with van der Waals surface area (Å²) in [5, 5.41) is 0. The summed E-state index contributed by atoms with van der Waals surface area (Å²) in [6, 6.07) is 0. The summed E-state index contributed by atoms with van der Waals surface area (Å²) in [5.41, 5.74) is 1.04. The van der Waals surface area contributed by atoms with Crippen LogP contribution in [0.5, 0.6) is 0 Å². The lowest BCUT2D eigenvalue weighted by Crippen LogP contribution is -2.24. The average Bonchev–Trinajstić information content (AvgIpc) is 2.75. The lowest BCUT2D eigenvalue weighted by Gasteiger charge is -2.29. The van der Waals surface area contributed by atoms with Crippen molar-refractivity contribution in [3.8, 4) is 0 Å². The van der Waals surface area contributed by atoms with Gasteiger partial charge < -0.3 is 4.98 Å². The molecule has 0 aromatic carbocycles. The summed E-state index contributed by atoms with van der Waals surface area (Å²) in [7, 11) is 0. The van der Waals surface area contributed by atoms with E-state index in [4.69, 9.17) is 0 Å². The van der Waals surface area contributed by atoms with Crippen LogP contribution in [-0.2, 0) is 5.41 Å². The molecular formula is C16H28FIN2. The van der Waals surface area contributed by atoms with Crippen LogP contribution >= 0.6 is 22.6 Å². The molecule has 1 N–H and O–H groups in total. The summed E-state index contributed by atoms with van der Waals surface area (Å²) in [5.74, 6) is 0. The number of aromatic nitrogens is 2. The summed E-state index contributed by atoms with van der Waals surface area (Å²) in [4.78, 5) is 6.78. The van der Waals surface area contributed by atoms with Crippen LogP contribution in [0.2, 0.25) is 0 Å². The van der Waals surface area contributed by atoms with Gasteiger partial charge in [0.25, 0.3) is 6.08 Å². The minimum absolute atomic E-state index is 0.0385. The van der Waals surface area contributed by atoms with E-state index in [1.807, 2.05) is 0 Å². The number of rotatable bonds is 10. The molecular weight excluding hydrogens is 366 g/mol. The molecule has 0 spiro atoms. The highest BCUT2D eigenvalue weighted by molar-refractivity contribution is 14.1. The number of hydrogen-bond donors (Lipinski definition) is 1. The number of halogens is 2. The quantitative estimate of drug-likeness (QED) is 0.385. The van der Waals surface area contributed by atoms with Gasteiger partial charge in [0.05, 0.1) is 5.69 Å². The molecule has 0 aliphatic carbocycles. The zero-order chi connectivity index (χ0) is 15.0. The van der Waals surface area contributed by atoms with Crippen LogP contribution in [0.1, 0.15) is 84.3 Å². The van der Waals surface area contributed by atoms with E-state index in [1.165, 1.54) is 44.9 Å².